The Bertz CT molecular complexity index is 1580. The van der Waals surface area contributed by atoms with E-state index in [0.717, 1.165) is 25.8 Å². The van der Waals surface area contributed by atoms with Gasteiger partial charge in [-0.15, -0.1) is 21.5 Å². The Morgan fingerprint density at radius 1 is 0.912 bits per heavy atom. The van der Waals surface area contributed by atoms with E-state index in [2.05, 4.69) is 51.5 Å². The number of nitrogens with zero attached hydrogens (tertiary/aromatic N) is 4. The van der Waals surface area contributed by atoms with Crippen LogP contribution in [0, 0.1) is 0 Å². The van der Waals surface area contributed by atoms with E-state index >= 15 is 0 Å². The number of benzene rings is 2. The summed E-state index contributed by atoms with van der Waals surface area (Å²) in [7, 11) is -3.84. The molecule has 0 bridgehead atoms. The Kier molecular flexibility index (Phi) is 6.17. The second kappa shape index (κ2) is 9.26. The summed E-state index contributed by atoms with van der Waals surface area (Å²) in [6.07, 6.45) is 1.50. The van der Waals surface area contributed by atoms with Crippen LogP contribution in [-0.4, -0.2) is 28.6 Å². The Hall–Kier alpha value is -3.12. The number of rotatable bonds is 6. The Balaban J connectivity index is 1.42. The molecule has 3 aromatic heterocycles. The lowest BCUT2D eigenvalue weighted by Gasteiger charge is -2.10. The number of nitrogens with one attached hydrogen (secondary N) is 2. The zero-order chi connectivity index (χ0) is 23.7. The standard InChI is InChI=1S/C22H14BrClN6O2S2/c23-14-3-1-13(2-4-14)17-11-33-22-20(17)21(25-12-26-22)27-15-5-7-16(8-6-15)34(31,32)30-19-10-9-18(24)28-29-19/h1-12H,(H,29,30)(H,25,26,27). The van der Waals surface area contributed by atoms with Crippen molar-refractivity contribution in [2.45, 2.75) is 4.90 Å². The van der Waals surface area contributed by atoms with E-state index in [-0.39, 0.29) is 15.9 Å². The lowest BCUT2D eigenvalue weighted by molar-refractivity contribution is 0.601. The van der Waals surface area contributed by atoms with Crippen molar-refractivity contribution in [2.24, 2.45) is 0 Å². The van der Waals surface area contributed by atoms with Crippen LogP contribution >= 0.6 is 38.9 Å². The number of hydrogen-bond acceptors (Lipinski definition) is 8. The molecule has 0 aliphatic heterocycles. The molecule has 8 nitrogen and oxygen atoms in total. The highest BCUT2D eigenvalue weighted by molar-refractivity contribution is 9.10. The molecule has 170 valence electrons. The van der Waals surface area contributed by atoms with Crippen LogP contribution < -0.4 is 10.0 Å². The molecule has 3 heterocycles. The van der Waals surface area contributed by atoms with E-state index in [0.29, 0.717) is 11.5 Å². The van der Waals surface area contributed by atoms with Gasteiger partial charge in [0.05, 0.1) is 10.3 Å². The van der Waals surface area contributed by atoms with Crippen molar-refractivity contribution in [2.75, 3.05) is 10.0 Å². The first-order valence-electron chi connectivity index (χ1n) is 9.76. The zero-order valence-electron chi connectivity index (χ0n) is 17.1. The molecule has 0 fully saturated rings. The number of aromatic nitrogens is 4. The monoisotopic (exact) mass is 572 g/mol. The summed E-state index contributed by atoms with van der Waals surface area (Å²) in [4.78, 5) is 9.75. The molecule has 0 unspecified atom stereocenters. The van der Waals surface area contributed by atoms with Crippen LogP contribution in [0.3, 0.4) is 0 Å². The second-order valence-electron chi connectivity index (χ2n) is 7.05. The molecule has 0 spiro atoms. The fourth-order valence-electron chi connectivity index (χ4n) is 3.23. The van der Waals surface area contributed by atoms with Gasteiger partial charge in [0.25, 0.3) is 10.0 Å². The van der Waals surface area contributed by atoms with Gasteiger partial charge in [-0.1, -0.05) is 39.7 Å². The Morgan fingerprint density at radius 3 is 2.38 bits per heavy atom. The van der Waals surface area contributed by atoms with Gasteiger partial charge in [0.1, 0.15) is 17.0 Å². The van der Waals surface area contributed by atoms with Crippen LogP contribution in [0.25, 0.3) is 21.3 Å². The van der Waals surface area contributed by atoms with E-state index in [1.807, 2.05) is 24.3 Å². The number of hydrogen-bond donors (Lipinski definition) is 2. The third kappa shape index (κ3) is 4.73. The van der Waals surface area contributed by atoms with Gasteiger partial charge in [0.2, 0.25) is 0 Å². The third-order valence-electron chi connectivity index (χ3n) is 4.82. The molecule has 2 aromatic carbocycles. The van der Waals surface area contributed by atoms with Gasteiger partial charge >= 0.3 is 0 Å². The molecule has 12 heteroatoms. The maximum atomic E-state index is 12.7. The van der Waals surface area contributed by atoms with E-state index in [1.165, 1.54) is 41.9 Å². The highest BCUT2D eigenvalue weighted by Gasteiger charge is 2.16. The van der Waals surface area contributed by atoms with Gasteiger partial charge in [-0.05, 0) is 54.1 Å². The predicted molar refractivity (Wildman–Crippen MR) is 138 cm³/mol. The topological polar surface area (TPSA) is 110 Å². The molecule has 5 aromatic rings. The molecule has 5 rings (SSSR count). The minimum atomic E-state index is -3.84. The average Bonchev–Trinajstić information content (AvgIpc) is 3.27. The summed E-state index contributed by atoms with van der Waals surface area (Å²) in [5, 5.41) is 13.8. The summed E-state index contributed by atoms with van der Waals surface area (Å²) in [6.45, 7) is 0. The SMILES string of the molecule is O=S(=O)(Nc1ccc(Cl)nn1)c1ccc(Nc2ncnc3scc(-c4ccc(Br)cc4)c23)cc1. The first-order valence-corrected chi connectivity index (χ1v) is 13.3. The van der Waals surface area contributed by atoms with Gasteiger partial charge < -0.3 is 5.32 Å². The fraction of sp³-hybridized carbons (Fsp3) is 0. The molecule has 34 heavy (non-hydrogen) atoms. The van der Waals surface area contributed by atoms with Gasteiger partial charge in [-0.25, -0.2) is 18.4 Å². The lowest BCUT2D eigenvalue weighted by Crippen LogP contribution is -2.14. The average molecular weight is 574 g/mol. The first-order chi connectivity index (χ1) is 16.4. The second-order valence-corrected chi connectivity index (χ2v) is 10.9. The summed E-state index contributed by atoms with van der Waals surface area (Å²) in [5.74, 6) is 0.710. The van der Waals surface area contributed by atoms with Crippen molar-refractivity contribution in [3.8, 4) is 11.1 Å². The molecule has 0 saturated carbocycles. The molecule has 0 saturated heterocycles. The summed E-state index contributed by atoms with van der Waals surface area (Å²) in [6, 6.07) is 17.2. The predicted octanol–water partition coefficient (Wildman–Crippen LogP) is 6.11. The molecule has 0 aliphatic carbocycles. The van der Waals surface area contributed by atoms with E-state index in [4.69, 9.17) is 11.6 Å². The smallest absolute Gasteiger partial charge is 0.263 e. The maximum Gasteiger partial charge on any atom is 0.263 e. The molecular formula is C22H14BrClN6O2S2. The van der Waals surface area contributed by atoms with Crippen molar-refractivity contribution in [1.82, 2.24) is 20.2 Å². The van der Waals surface area contributed by atoms with E-state index in [1.54, 1.807) is 12.1 Å². The minimum Gasteiger partial charge on any atom is -0.340 e. The van der Waals surface area contributed by atoms with Gasteiger partial charge in [-0.2, -0.15) is 0 Å². The van der Waals surface area contributed by atoms with Crippen molar-refractivity contribution in [1.29, 1.82) is 0 Å². The van der Waals surface area contributed by atoms with Gasteiger partial charge in [0, 0.05) is 21.1 Å². The van der Waals surface area contributed by atoms with Crippen LogP contribution in [0.5, 0.6) is 0 Å². The highest BCUT2D eigenvalue weighted by Crippen LogP contribution is 2.37. The van der Waals surface area contributed by atoms with Gasteiger partial charge in [-0.3, -0.25) is 4.72 Å². The number of anilines is 3. The molecule has 2 N–H and O–H groups in total. The largest absolute Gasteiger partial charge is 0.340 e. The van der Waals surface area contributed by atoms with E-state index in [9.17, 15) is 8.42 Å². The molecule has 0 amide bonds. The Morgan fingerprint density at radius 2 is 1.68 bits per heavy atom. The van der Waals surface area contributed by atoms with Crippen LogP contribution in [0.15, 0.2) is 81.7 Å². The van der Waals surface area contributed by atoms with Crippen LogP contribution in [0.2, 0.25) is 5.15 Å². The van der Waals surface area contributed by atoms with Crippen molar-refractivity contribution in [3.05, 3.63) is 82.0 Å². The number of sulfonamides is 1. The maximum absolute atomic E-state index is 12.7. The first kappa shape index (κ1) is 22.7. The Labute approximate surface area is 212 Å². The zero-order valence-corrected chi connectivity index (χ0v) is 21.1. The van der Waals surface area contributed by atoms with Crippen LogP contribution in [0.4, 0.5) is 17.3 Å². The molecular weight excluding hydrogens is 560 g/mol. The van der Waals surface area contributed by atoms with Crippen LogP contribution in [-0.2, 0) is 10.0 Å². The molecule has 0 radical (unpaired) electrons. The van der Waals surface area contributed by atoms with Gasteiger partial charge in [0.15, 0.2) is 11.0 Å². The van der Waals surface area contributed by atoms with Crippen molar-refractivity contribution < 1.29 is 8.42 Å². The minimum absolute atomic E-state index is 0.0768. The summed E-state index contributed by atoms with van der Waals surface area (Å²) < 4.78 is 28.7. The number of fused-ring (bicyclic) bond motifs is 1. The fourth-order valence-corrected chi connectivity index (χ4v) is 5.51. The summed E-state index contributed by atoms with van der Waals surface area (Å²) in [5.41, 5.74) is 2.74. The number of thiophene rings is 1. The molecule has 0 aliphatic rings. The highest BCUT2D eigenvalue weighted by atomic mass is 79.9. The molecule has 0 atom stereocenters. The van der Waals surface area contributed by atoms with E-state index < -0.39 is 10.0 Å². The normalized spacial score (nSPS) is 11.5. The quantitative estimate of drug-likeness (QED) is 0.252. The van der Waals surface area contributed by atoms with Crippen molar-refractivity contribution in [3.63, 3.8) is 0 Å². The lowest BCUT2D eigenvalue weighted by atomic mass is 10.1. The summed E-state index contributed by atoms with van der Waals surface area (Å²) >= 11 is 10.7. The van der Waals surface area contributed by atoms with Crippen molar-refractivity contribution >= 4 is 76.4 Å². The van der Waals surface area contributed by atoms with Crippen LogP contribution in [0.1, 0.15) is 0 Å². The third-order valence-corrected chi connectivity index (χ3v) is 7.81. The number of halogens is 2.